The number of hydrogen-bond acceptors (Lipinski definition) is 3. The third-order valence-corrected chi connectivity index (χ3v) is 5.68. The molecule has 0 radical (unpaired) electrons. The first-order valence-corrected chi connectivity index (χ1v) is 9.01. The molecule has 0 N–H and O–H groups in total. The van der Waals surface area contributed by atoms with Gasteiger partial charge in [0.25, 0.3) is 0 Å². The molecule has 0 saturated carbocycles. The molecule has 5 nitrogen and oxygen atoms in total. The van der Waals surface area contributed by atoms with Gasteiger partial charge in [-0.1, -0.05) is 13.8 Å². The number of ketones is 1. The minimum Gasteiger partial charge on any atom is -0.294 e. The fourth-order valence-corrected chi connectivity index (χ4v) is 4.40. The maximum absolute atomic E-state index is 14.3. The van der Waals surface area contributed by atoms with Crippen molar-refractivity contribution in [1.29, 1.82) is 0 Å². The van der Waals surface area contributed by atoms with E-state index in [4.69, 9.17) is 0 Å². The lowest BCUT2D eigenvalue weighted by Gasteiger charge is -2.18. The predicted molar refractivity (Wildman–Crippen MR) is 97.6 cm³/mol. The van der Waals surface area contributed by atoms with Gasteiger partial charge in [-0.05, 0) is 28.3 Å². The van der Waals surface area contributed by atoms with Gasteiger partial charge in [-0.15, -0.1) is 0 Å². The molecule has 2 aromatic heterocycles. The number of Topliss-reactive ketones (excluding diaryl/α,β-unsaturated/α-hetero) is 1. The summed E-state index contributed by atoms with van der Waals surface area (Å²) >= 11 is 3.23. The van der Waals surface area contributed by atoms with Crippen molar-refractivity contribution in [2.24, 2.45) is 13.0 Å². The highest BCUT2D eigenvalue weighted by atomic mass is 79.9. The van der Waals surface area contributed by atoms with Crippen LogP contribution < -0.4 is 5.69 Å². The van der Waals surface area contributed by atoms with Gasteiger partial charge in [0.15, 0.2) is 5.78 Å². The van der Waals surface area contributed by atoms with Crippen LogP contribution in [0.1, 0.15) is 43.1 Å². The largest absolute Gasteiger partial charge is 0.329 e. The molecule has 1 aromatic carbocycles. The van der Waals surface area contributed by atoms with Crippen LogP contribution in [-0.4, -0.2) is 19.9 Å². The summed E-state index contributed by atoms with van der Waals surface area (Å²) in [6.45, 7) is 4.12. The maximum Gasteiger partial charge on any atom is 0.329 e. The van der Waals surface area contributed by atoms with E-state index in [1.807, 2.05) is 0 Å². The number of nitrogens with zero attached hydrogens (tertiary/aromatic N) is 3. The maximum atomic E-state index is 14.3. The van der Waals surface area contributed by atoms with Gasteiger partial charge in [0, 0.05) is 36.5 Å². The van der Waals surface area contributed by atoms with E-state index >= 15 is 0 Å². The van der Waals surface area contributed by atoms with Crippen LogP contribution in [-0.2, 0) is 7.05 Å². The second-order valence-corrected chi connectivity index (χ2v) is 7.85. The minimum absolute atomic E-state index is 0.146. The minimum atomic E-state index is -0.519. The highest BCUT2D eigenvalue weighted by Crippen LogP contribution is 2.39. The number of carbonyl (C=O) groups excluding carboxylic acids is 1. The van der Waals surface area contributed by atoms with E-state index in [1.165, 1.54) is 6.07 Å². The van der Waals surface area contributed by atoms with Crippen molar-refractivity contribution >= 4 is 43.6 Å². The highest BCUT2D eigenvalue weighted by Gasteiger charge is 2.32. The summed E-state index contributed by atoms with van der Waals surface area (Å²) in [5, 5.41) is 0.555. The van der Waals surface area contributed by atoms with Gasteiger partial charge in [0.05, 0.1) is 27.2 Å². The molecule has 1 aliphatic rings. The standard InChI is InChI=1S/C18H17BrFN3O2/c1-8(2)4-9-5-13(24)15-14-11(6-10(20)16(15)19)21-7-12-17(14)23(9)18(25)22(12)3/h6-9H,4-5H2,1-3H3/t9-/m0/s1. The number of imidazole rings is 1. The summed E-state index contributed by atoms with van der Waals surface area (Å²) in [7, 11) is 1.70. The van der Waals surface area contributed by atoms with Gasteiger partial charge in [-0.25, -0.2) is 9.18 Å². The monoisotopic (exact) mass is 405 g/mol. The van der Waals surface area contributed by atoms with Crippen molar-refractivity contribution in [3.05, 3.63) is 38.6 Å². The Labute approximate surface area is 151 Å². The average Bonchev–Trinajstić information content (AvgIpc) is 2.71. The van der Waals surface area contributed by atoms with E-state index in [0.717, 1.165) is 0 Å². The molecule has 7 heteroatoms. The van der Waals surface area contributed by atoms with Crippen LogP contribution in [0.3, 0.4) is 0 Å². The molecule has 25 heavy (non-hydrogen) atoms. The zero-order chi connectivity index (χ0) is 18.0. The Kier molecular flexibility index (Phi) is 3.61. The predicted octanol–water partition coefficient (Wildman–Crippen LogP) is 3.96. The molecule has 3 aromatic rings. The van der Waals surface area contributed by atoms with Gasteiger partial charge in [0.2, 0.25) is 0 Å². The number of aryl methyl sites for hydroxylation is 1. The third-order valence-electron chi connectivity index (χ3n) is 4.91. The molecular weight excluding hydrogens is 389 g/mol. The fourth-order valence-electron chi connectivity index (χ4n) is 3.86. The Balaban J connectivity index is 2.25. The van der Waals surface area contributed by atoms with Gasteiger partial charge < -0.3 is 0 Å². The summed E-state index contributed by atoms with van der Waals surface area (Å²) in [5.41, 5.74) is 1.83. The topological polar surface area (TPSA) is 56.9 Å². The Morgan fingerprint density at radius 2 is 2.12 bits per heavy atom. The van der Waals surface area contributed by atoms with Crippen LogP contribution in [0, 0.1) is 11.7 Å². The third kappa shape index (κ3) is 2.21. The van der Waals surface area contributed by atoms with Crippen molar-refractivity contribution in [3.63, 3.8) is 0 Å². The van der Waals surface area contributed by atoms with Crippen molar-refractivity contribution in [3.8, 4) is 0 Å². The number of hydrogen-bond donors (Lipinski definition) is 0. The van der Waals surface area contributed by atoms with Gasteiger partial charge in [-0.2, -0.15) is 0 Å². The van der Waals surface area contributed by atoms with Crippen molar-refractivity contribution < 1.29 is 9.18 Å². The van der Waals surface area contributed by atoms with Crippen molar-refractivity contribution in [2.75, 3.05) is 0 Å². The Hall–Kier alpha value is -2.02. The molecule has 130 valence electrons. The molecule has 3 heterocycles. The van der Waals surface area contributed by atoms with Crippen LogP contribution >= 0.6 is 15.9 Å². The molecule has 1 aliphatic heterocycles. The first kappa shape index (κ1) is 16.4. The smallest absolute Gasteiger partial charge is 0.294 e. The molecular formula is C18H17BrFN3O2. The molecule has 1 atom stereocenters. The first-order valence-electron chi connectivity index (χ1n) is 8.22. The van der Waals surface area contributed by atoms with E-state index in [2.05, 4.69) is 34.8 Å². The quantitative estimate of drug-likeness (QED) is 0.648. The van der Waals surface area contributed by atoms with E-state index < -0.39 is 5.82 Å². The molecule has 0 fully saturated rings. The van der Waals surface area contributed by atoms with E-state index in [0.29, 0.717) is 39.8 Å². The van der Waals surface area contributed by atoms with Crippen molar-refractivity contribution in [1.82, 2.24) is 14.1 Å². The van der Waals surface area contributed by atoms with Crippen LogP contribution in [0.2, 0.25) is 0 Å². The summed E-state index contributed by atoms with van der Waals surface area (Å²) < 4.78 is 17.7. The molecule has 0 amide bonds. The average molecular weight is 406 g/mol. The van der Waals surface area contributed by atoms with E-state index in [-0.39, 0.29) is 28.4 Å². The SMILES string of the molecule is CC(C)C[C@H]1CC(=O)c2c(Br)c(F)cc3ncc4c(c23)n1c(=O)n4C. The number of pyridine rings is 1. The zero-order valence-electron chi connectivity index (χ0n) is 14.1. The normalized spacial score (nSPS) is 17.2. The second-order valence-electron chi connectivity index (χ2n) is 7.06. The van der Waals surface area contributed by atoms with Gasteiger partial charge in [0.1, 0.15) is 5.82 Å². The fraction of sp³-hybridized carbons (Fsp3) is 0.389. The van der Waals surface area contributed by atoms with Gasteiger partial charge >= 0.3 is 5.69 Å². The lowest BCUT2D eigenvalue weighted by Crippen LogP contribution is -2.27. The summed E-state index contributed by atoms with van der Waals surface area (Å²) in [4.78, 5) is 30.1. The lowest BCUT2D eigenvalue weighted by atomic mass is 9.96. The molecule has 0 spiro atoms. The number of benzene rings is 1. The van der Waals surface area contributed by atoms with Crippen LogP contribution in [0.25, 0.3) is 21.9 Å². The number of aromatic nitrogens is 3. The Morgan fingerprint density at radius 1 is 1.40 bits per heavy atom. The summed E-state index contributed by atoms with van der Waals surface area (Å²) in [6.07, 6.45) is 2.45. The Bertz CT molecular complexity index is 1110. The summed E-state index contributed by atoms with van der Waals surface area (Å²) in [5.74, 6) is -0.365. The van der Waals surface area contributed by atoms with Crippen LogP contribution in [0.15, 0.2) is 21.5 Å². The Morgan fingerprint density at radius 3 is 2.80 bits per heavy atom. The molecule has 0 saturated heterocycles. The van der Waals surface area contributed by atoms with Crippen LogP contribution in [0.4, 0.5) is 4.39 Å². The molecule has 4 rings (SSSR count). The zero-order valence-corrected chi connectivity index (χ0v) is 15.7. The van der Waals surface area contributed by atoms with Crippen molar-refractivity contribution in [2.45, 2.75) is 32.7 Å². The molecule has 0 aliphatic carbocycles. The van der Waals surface area contributed by atoms with E-state index in [1.54, 1.807) is 22.4 Å². The van der Waals surface area contributed by atoms with Gasteiger partial charge in [-0.3, -0.25) is 18.9 Å². The number of rotatable bonds is 2. The lowest BCUT2D eigenvalue weighted by molar-refractivity contribution is 0.0960. The second kappa shape index (κ2) is 5.49. The first-order chi connectivity index (χ1) is 11.8. The molecule has 0 unspecified atom stereocenters. The number of carbonyl (C=O) groups is 1. The molecule has 0 bridgehead atoms. The summed E-state index contributed by atoms with van der Waals surface area (Å²) in [6, 6.07) is 1.05. The number of halogens is 2. The highest BCUT2D eigenvalue weighted by molar-refractivity contribution is 9.10. The van der Waals surface area contributed by atoms with E-state index in [9.17, 15) is 14.0 Å². The van der Waals surface area contributed by atoms with Crippen LogP contribution in [0.5, 0.6) is 0 Å².